The van der Waals surface area contributed by atoms with Gasteiger partial charge in [-0.1, -0.05) is 37.9 Å². The Morgan fingerprint density at radius 3 is 2.60 bits per heavy atom. The van der Waals surface area contributed by atoms with Gasteiger partial charge in [0.25, 0.3) is 0 Å². The van der Waals surface area contributed by atoms with Crippen LogP contribution in [0.5, 0.6) is 11.5 Å². The van der Waals surface area contributed by atoms with Crippen LogP contribution < -0.4 is 9.47 Å². The van der Waals surface area contributed by atoms with Crippen molar-refractivity contribution in [2.75, 3.05) is 7.11 Å². The Bertz CT molecular complexity index is 602. The lowest BCUT2D eigenvalue weighted by Gasteiger charge is -2.10. The zero-order valence-corrected chi connectivity index (χ0v) is 14.0. The molecule has 0 atom stereocenters. The second-order valence-electron chi connectivity index (χ2n) is 4.14. The summed E-state index contributed by atoms with van der Waals surface area (Å²) in [6, 6.07) is 10.5. The number of benzene rings is 2. The average molecular weight is 404 g/mol. The fourth-order valence-corrected chi connectivity index (χ4v) is 2.40. The van der Waals surface area contributed by atoms with E-state index >= 15 is 0 Å². The van der Waals surface area contributed by atoms with Crippen LogP contribution in [-0.4, -0.2) is 7.11 Å². The van der Waals surface area contributed by atoms with Crippen LogP contribution in [0.1, 0.15) is 11.1 Å². The molecule has 0 N–H and O–H groups in total. The molecule has 0 heterocycles. The van der Waals surface area contributed by atoms with Crippen LogP contribution in [0.2, 0.25) is 0 Å². The summed E-state index contributed by atoms with van der Waals surface area (Å²) < 4.78 is 25.4. The van der Waals surface area contributed by atoms with Crippen molar-refractivity contribution in [3.05, 3.63) is 57.8 Å². The summed E-state index contributed by atoms with van der Waals surface area (Å²) >= 11 is 6.73. The van der Waals surface area contributed by atoms with Gasteiger partial charge in [0.1, 0.15) is 12.4 Å². The summed E-state index contributed by atoms with van der Waals surface area (Å²) in [5, 5.41) is 0.617. The van der Waals surface area contributed by atoms with Crippen molar-refractivity contribution in [2.45, 2.75) is 11.9 Å². The maximum absolute atomic E-state index is 13.8. The van der Waals surface area contributed by atoms with E-state index in [1.165, 1.54) is 6.07 Å². The van der Waals surface area contributed by atoms with Gasteiger partial charge in [-0.3, -0.25) is 0 Å². The average Bonchev–Trinajstić information content (AvgIpc) is 2.47. The van der Waals surface area contributed by atoms with E-state index in [4.69, 9.17) is 9.47 Å². The van der Waals surface area contributed by atoms with Gasteiger partial charge in [-0.2, -0.15) is 0 Å². The Labute approximate surface area is 134 Å². The van der Waals surface area contributed by atoms with E-state index in [0.29, 0.717) is 5.33 Å². The highest BCUT2D eigenvalue weighted by atomic mass is 79.9. The van der Waals surface area contributed by atoms with E-state index in [0.717, 1.165) is 21.3 Å². The quantitative estimate of drug-likeness (QED) is 0.648. The monoisotopic (exact) mass is 402 g/mol. The zero-order valence-electron chi connectivity index (χ0n) is 10.8. The standard InChI is InChI=1S/C15H13Br2FO2/c1-19-12-3-4-13(17)11(7-12)9-20-15-5-2-10(8-16)6-14(15)18/h2-7H,8-9H2,1H3. The Kier molecular flexibility index (Phi) is 5.43. The van der Waals surface area contributed by atoms with Crippen LogP contribution in [0.25, 0.3) is 0 Å². The highest BCUT2D eigenvalue weighted by molar-refractivity contribution is 9.10. The largest absolute Gasteiger partial charge is 0.497 e. The summed E-state index contributed by atoms with van der Waals surface area (Å²) in [5.41, 5.74) is 1.77. The lowest BCUT2D eigenvalue weighted by molar-refractivity contribution is 0.288. The van der Waals surface area contributed by atoms with Gasteiger partial charge in [0.15, 0.2) is 11.6 Å². The zero-order chi connectivity index (χ0) is 14.5. The van der Waals surface area contributed by atoms with Crippen molar-refractivity contribution in [1.29, 1.82) is 0 Å². The minimum absolute atomic E-state index is 0.240. The minimum Gasteiger partial charge on any atom is -0.497 e. The van der Waals surface area contributed by atoms with Crippen LogP contribution in [0.15, 0.2) is 40.9 Å². The molecule has 0 amide bonds. The van der Waals surface area contributed by atoms with Gasteiger partial charge in [-0.15, -0.1) is 0 Å². The number of halogens is 3. The van der Waals surface area contributed by atoms with Gasteiger partial charge in [-0.25, -0.2) is 4.39 Å². The van der Waals surface area contributed by atoms with Gasteiger partial charge in [0.05, 0.1) is 7.11 Å². The molecule has 0 fully saturated rings. The second-order valence-corrected chi connectivity index (χ2v) is 5.56. The van der Waals surface area contributed by atoms with E-state index in [1.54, 1.807) is 13.2 Å². The summed E-state index contributed by atoms with van der Waals surface area (Å²) in [5.74, 6) is 0.618. The molecule has 0 saturated heterocycles. The minimum atomic E-state index is -0.360. The van der Waals surface area contributed by atoms with Gasteiger partial charge in [0.2, 0.25) is 0 Å². The van der Waals surface area contributed by atoms with Crippen LogP contribution in [-0.2, 0) is 11.9 Å². The molecule has 0 bridgehead atoms. The highest BCUT2D eigenvalue weighted by Crippen LogP contribution is 2.25. The first-order chi connectivity index (χ1) is 9.63. The Morgan fingerprint density at radius 2 is 1.95 bits per heavy atom. The SMILES string of the molecule is COc1ccc(Br)c(COc2ccc(CBr)cc2F)c1. The molecule has 2 nitrogen and oxygen atoms in total. The molecule has 0 aliphatic carbocycles. The van der Waals surface area contributed by atoms with Gasteiger partial charge in [-0.05, 0) is 35.9 Å². The van der Waals surface area contributed by atoms with Crippen LogP contribution in [0.4, 0.5) is 4.39 Å². The first-order valence-corrected chi connectivity index (χ1v) is 7.85. The van der Waals surface area contributed by atoms with Crippen molar-refractivity contribution < 1.29 is 13.9 Å². The van der Waals surface area contributed by atoms with Crippen LogP contribution in [0.3, 0.4) is 0 Å². The third-order valence-electron chi connectivity index (χ3n) is 2.79. The molecule has 0 saturated carbocycles. The lowest BCUT2D eigenvalue weighted by atomic mass is 10.2. The second kappa shape index (κ2) is 7.09. The molecule has 2 rings (SSSR count). The van der Waals surface area contributed by atoms with Crippen molar-refractivity contribution in [3.8, 4) is 11.5 Å². The van der Waals surface area contributed by atoms with E-state index in [9.17, 15) is 4.39 Å². The predicted molar refractivity (Wildman–Crippen MR) is 84.1 cm³/mol. The molecule has 0 aliphatic heterocycles. The number of hydrogen-bond acceptors (Lipinski definition) is 2. The van der Waals surface area contributed by atoms with E-state index in [2.05, 4.69) is 31.9 Å². The molecule has 2 aromatic rings. The van der Waals surface area contributed by atoms with Gasteiger partial charge in [0, 0.05) is 15.4 Å². The fraction of sp³-hybridized carbons (Fsp3) is 0.200. The van der Waals surface area contributed by atoms with Crippen LogP contribution >= 0.6 is 31.9 Å². The maximum atomic E-state index is 13.8. The predicted octanol–water partition coefficient (Wildman–Crippen LogP) is 5.07. The summed E-state index contributed by atoms with van der Waals surface area (Å²) in [6.45, 7) is 0.266. The molecule has 0 spiro atoms. The molecule has 5 heteroatoms. The topological polar surface area (TPSA) is 18.5 Å². The number of alkyl halides is 1. The molecule has 0 radical (unpaired) electrons. The normalized spacial score (nSPS) is 10.4. The molecule has 106 valence electrons. The number of ether oxygens (including phenoxy) is 2. The Morgan fingerprint density at radius 1 is 1.15 bits per heavy atom. The highest BCUT2D eigenvalue weighted by Gasteiger charge is 2.07. The van der Waals surface area contributed by atoms with Crippen molar-refractivity contribution >= 4 is 31.9 Å². The van der Waals surface area contributed by atoms with Crippen LogP contribution in [0, 0.1) is 5.82 Å². The number of hydrogen-bond donors (Lipinski definition) is 0. The van der Waals surface area contributed by atoms with E-state index in [1.807, 2.05) is 24.3 Å². The fourth-order valence-electron chi connectivity index (χ4n) is 1.69. The van der Waals surface area contributed by atoms with Gasteiger partial charge >= 0.3 is 0 Å². The van der Waals surface area contributed by atoms with Gasteiger partial charge < -0.3 is 9.47 Å². The molecular weight excluding hydrogens is 391 g/mol. The lowest BCUT2D eigenvalue weighted by Crippen LogP contribution is -1.99. The van der Waals surface area contributed by atoms with Crippen molar-refractivity contribution in [1.82, 2.24) is 0 Å². The van der Waals surface area contributed by atoms with E-state index < -0.39 is 0 Å². The molecule has 0 aromatic heterocycles. The molecule has 0 aliphatic rings. The summed E-state index contributed by atoms with van der Waals surface area (Å²) in [4.78, 5) is 0. The van der Waals surface area contributed by atoms with Crippen molar-refractivity contribution in [2.24, 2.45) is 0 Å². The molecular formula is C15H13Br2FO2. The summed E-state index contributed by atoms with van der Waals surface area (Å²) in [6.07, 6.45) is 0. The molecule has 2 aromatic carbocycles. The maximum Gasteiger partial charge on any atom is 0.165 e. The summed E-state index contributed by atoms with van der Waals surface area (Å²) in [7, 11) is 1.60. The Balaban J connectivity index is 2.12. The molecule has 0 unspecified atom stereocenters. The van der Waals surface area contributed by atoms with Crippen molar-refractivity contribution in [3.63, 3.8) is 0 Å². The molecule has 20 heavy (non-hydrogen) atoms. The third-order valence-corrected chi connectivity index (χ3v) is 4.21. The first kappa shape index (κ1) is 15.3. The third kappa shape index (κ3) is 3.73. The first-order valence-electron chi connectivity index (χ1n) is 5.93. The Hall–Kier alpha value is -1.07. The number of methoxy groups -OCH3 is 1. The number of rotatable bonds is 5. The smallest absolute Gasteiger partial charge is 0.165 e. The van der Waals surface area contributed by atoms with E-state index in [-0.39, 0.29) is 18.2 Å².